The molecule has 1 fully saturated rings. The lowest BCUT2D eigenvalue weighted by Crippen LogP contribution is -2.36. The summed E-state index contributed by atoms with van der Waals surface area (Å²) in [6.07, 6.45) is 3.37. The number of hydrogen-bond acceptors (Lipinski definition) is 4. The van der Waals surface area contributed by atoms with Crippen molar-refractivity contribution in [2.45, 2.75) is 37.4 Å². The van der Waals surface area contributed by atoms with E-state index in [1.54, 1.807) is 18.8 Å². The Morgan fingerprint density at radius 2 is 2.12 bits per heavy atom. The maximum Gasteiger partial charge on any atom is 0.154 e. The molecule has 1 aliphatic carbocycles. The topological polar surface area (TPSA) is 60.2 Å². The van der Waals surface area contributed by atoms with Crippen LogP contribution in [0.1, 0.15) is 31.4 Å². The molecule has 1 saturated carbocycles. The minimum absolute atomic E-state index is 0.264. The van der Waals surface area contributed by atoms with Crippen LogP contribution in [0.15, 0.2) is 4.60 Å². The van der Waals surface area contributed by atoms with E-state index in [0.717, 1.165) is 18.5 Å². The van der Waals surface area contributed by atoms with Crippen molar-refractivity contribution < 1.29 is 9.84 Å². The van der Waals surface area contributed by atoms with Crippen LogP contribution in [0.5, 0.6) is 0 Å². The van der Waals surface area contributed by atoms with Crippen LogP contribution in [-0.2, 0) is 17.4 Å². The summed E-state index contributed by atoms with van der Waals surface area (Å²) >= 11 is 3.33. The molecule has 6 heteroatoms. The fraction of sp³-hybridized carbons (Fsp3) is 0.800. The van der Waals surface area contributed by atoms with Gasteiger partial charge in [-0.05, 0) is 41.6 Å². The third kappa shape index (κ3) is 2.01. The summed E-state index contributed by atoms with van der Waals surface area (Å²) in [5.41, 5.74) is -0.0615. The summed E-state index contributed by atoms with van der Waals surface area (Å²) in [7, 11) is 3.52. The van der Waals surface area contributed by atoms with Gasteiger partial charge in [0.15, 0.2) is 4.60 Å². The van der Waals surface area contributed by atoms with Crippen LogP contribution < -0.4 is 0 Å². The summed E-state index contributed by atoms with van der Waals surface area (Å²) in [6.45, 7) is 0. The molecule has 0 aliphatic heterocycles. The summed E-state index contributed by atoms with van der Waals surface area (Å²) < 4.78 is 7.57. The van der Waals surface area contributed by atoms with Gasteiger partial charge in [-0.1, -0.05) is 5.21 Å². The van der Waals surface area contributed by atoms with Gasteiger partial charge in [0.05, 0.1) is 6.10 Å². The molecule has 90 valence electrons. The van der Waals surface area contributed by atoms with Crippen LogP contribution in [-0.4, -0.2) is 33.3 Å². The highest BCUT2D eigenvalue weighted by Gasteiger charge is 2.39. The molecule has 0 atom stereocenters. The van der Waals surface area contributed by atoms with Gasteiger partial charge in [0.25, 0.3) is 0 Å². The standard InChI is InChI=1S/C10H16BrN3O2/c1-14-8(9(11)12-13-14)10(15)5-3-7(16-2)4-6-10/h7,15H,3-6H2,1-2H3. The van der Waals surface area contributed by atoms with Crippen molar-refractivity contribution in [2.75, 3.05) is 7.11 Å². The number of hydrogen-bond donors (Lipinski definition) is 1. The van der Waals surface area contributed by atoms with Crippen LogP contribution in [0.4, 0.5) is 0 Å². The maximum absolute atomic E-state index is 10.6. The van der Waals surface area contributed by atoms with Gasteiger partial charge in [-0.2, -0.15) is 0 Å². The molecule has 16 heavy (non-hydrogen) atoms. The molecule has 2 rings (SSSR count). The lowest BCUT2D eigenvalue weighted by atomic mass is 9.81. The predicted octanol–water partition coefficient (Wildman–Crippen LogP) is 1.35. The van der Waals surface area contributed by atoms with Gasteiger partial charge in [-0.3, -0.25) is 0 Å². The van der Waals surface area contributed by atoms with Gasteiger partial charge in [-0.15, -0.1) is 5.10 Å². The number of aromatic nitrogens is 3. The number of ether oxygens (including phenoxy) is 1. The minimum Gasteiger partial charge on any atom is -0.383 e. The van der Waals surface area contributed by atoms with Crippen molar-refractivity contribution in [1.82, 2.24) is 15.0 Å². The Bertz CT molecular complexity index is 353. The highest BCUT2D eigenvalue weighted by Crippen LogP contribution is 2.39. The fourth-order valence-electron chi connectivity index (χ4n) is 2.37. The minimum atomic E-state index is -0.827. The third-order valence-electron chi connectivity index (χ3n) is 3.32. The van der Waals surface area contributed by atoms with Crippen molar-refractivity contribution in [3.63, 3.8) is 0 Å². The van der Waals surface area contributed by atoms with Gasteiger partial charge in [0.2, 0.25) is 0 Å². The van der Waals surface area contributed by atoms with E-state index in [4.69, 9.17) is 4.74 Å². The molecule has 1 heterocycles. The Labute approximate surface area is 103 Å². The Hall–Kier alpha value is -0.460. The first-order valence-electron chi connectivity index (χ1n) is 5.37. The monoisotopic (exact) mass is 289 g/mol. The van der Waals surface area contributed by atoms with E-state index in [1.165, 1.54) is 0 Å². The molecule has 0 unspecified atom stereocenters. The van der Waals surface area contributed by atoms with Crippen molar-refractivity contribution >= 4 is 15.9 Å². The first-order valence-corrected chi connectivity index (χ1v) is 6.17. The van der Waals surface area contributed by atoms with E-state index in [2.05, 4.69) is 26.2 Å². The number of aliphatic hydroxyl groups is 1. The summed E-state index contributed by atoms with van der Waals surface area (Å²) in [5, 5.41) is 18.4. The van der Waals surface area contributed by atoms with E-state index in [1.807, 2.05) is 0 Å². The lowest BCUT2D eigenvalue weighted by Gasteiger charge is -2.35. The molecule has 1 aliphatic rings. The van der Waals surface area contributed by atoms with Crippen LogP contribution in [0.25, 0.3) is 0 Å². The van der Waals surface area contributed by atoms with Gasteiger partial charge >= 0.3 is 0 Å². The average molecular weight is 290 g/mol. The average Bonchev–Trinajstić information content (AvgIpc) is 2.60. The number of halogens is 1. The fourth-order valence-corrected chi connectivity index (χ4v) is 3.06. The van der Waals surface area contributed by atoms with E-state index in [9.17, 15) is 5.11 Å². The van der Waals surface area contributed by atoms with Gasteiger partial charge in [-0.25, -0.2) is 4.68 Å². The Kier molecular flexibility index (Phi) is 3.32. The molecular formula is C10H16BrN3O2. The molecule has 1 aromatic rings. The Balaban J connectivity index is 2.21. The van der Waals surface area contributed by atoms with E-state index in [0.29, 0.717) is 17.4 Å². The highest BCUT2D eigenvalue weighted by molar-refractivity contribution is 9.10. The number of aryl methyl sites for hydroxylation is 1. The molecule has 0 bridgehead atoms. The zero-order valence-corrected chi connectivity index (χ0v) is 11.1. The van der Waals surface area contributed by atoms with Gasteiger partial charge < -0.3 is 9.84 Å². The van der Waals surface area contributed by atoms with Crippen molar-refractivity contribution in [1.29, 1.82) is 0 Å². The molecule has 1 aromatic heterocycles. The predicted molar refractivity (Wildman–Crippen MR) is 61.9 cm³/mol. The summed E-state index contributed by atoms with van der Waals surface area (Å²) in [4.78, 5) is 0. The number of rotatable bonds is 2. The molecule has 0 spiro atoms. The van der Waals surface area contributed by atoms with Crippen LogP contribution >= 0.6 is 15.9 Å². The van der Waals surface area contributed by atoms with Crippen LogP contribution in [0, 0.1) is 0 Å². The molecule has 0 saturated heterocycles. The largest absolute Gasteiger partial charge is 0.383 e. The van der Waals surface area contributed by atoms with Crippen molar-refractivity contribution in [2.24, 2.45) is 7.05 Å². The van der Waals surface area contributed by atoms with Crippen molar-refractivity contribution in [3.05, 3.63) is 10.3 Å². The first-order chi connectivity index (χ1) is 7.57. The zero-order chi connectivity index (χ0) is 11.8. The first kappa shape index (κ1) is 12.0. The molecule has 0 radical (unpaired) electrons. The van der Waals surface area contributed by atoms with Crippen LogP contribution in [0.3, 0.4) is 0 Å². The zero-order valence-electron chi connectivity index (χ0n) is 9.48. The quantitative estimate of drug-likeness (QED) is 0.893. The van der Waals surface area contributed by atoms with Crippen molar-refractivity contribution in [3.8, 4) is 0 Å². The number of methoxy groups -OCH3 is 1. The smallest absolute Gasteiger partial charge is 0.154 e. The maximum atomic E-state index is 10.6. The van der Waals surface area contributed by atoms with Gasteiger partial charge in [0, 0.05) is 14.2 Å². The van der Waals surface area contributed by atoms with Gasteiger partial charge in [0.1, 0.15) is 11.3 Å². The van der Waals surface area contributed by atoms with E-state index < -0.39 is 5.60 Å². The highest BCUT2D eigenvalue weighted by atomic mass is 79.9. The number of nitrogens with zero attached hydrogens (tertiary/aromatic N) is 3. The second kappa shape index (κ2) is 4.43. The van der Waals surface area contributed by atoms with E-state index in [-0.39, 0.29) is 6.10 Å². The second-order valence-corrected chi connectivity index (χ2v) is 5.07. The Morgan fingerprint density at radius 1 is 1.50 bits per heavy atom. The third-order valence-corrected chi connectivity index (χ3v) is 3.85. The molecular weight excluding hydrogens is 274 g/mol. The second-order valence-electron chi connectivity index (χ2n) is 4.32. The van der Waals surface area contributed by atoms with E-state index >= 15 is 0 Å². The normalized spacial score (nSPS) is 30.6. The van der Waals surface area contributed by atoms with Crippen LogP contribution in [0.2, 0.25) is 0 Å². The summed E-state index contributed by atoms with van der Waals surface area (Å²) in [5.74, 6) is 0. The lowest BCUT2D eigenvalue weighted by molar-refractivity contribution is -0.0526. The summed E-state index contributed by atoms with van der Waals surface area (Å²) in [6, 6.07) is 0. The SMILES string of the molecule is COC1CCC(O)(c2c(Br)nnn2C)CC1. The molecule has 1 N–H and O–H groups in total. The molecule has 0 amide bonds. The molecule has 0 aromatic carbocycles. The molecule has 5 nitrogen and oxygen atoms in total. The Morgan fingerprint density at radius 3 is 2.56 bits per heavy atom.